The maximum atomic E-state index is 12.5. The minimum absolute atomic E-state index is 0.0521. The molecule has 3 rings (SSSR count). The maximum Gasteiger partial charge on any atom is 0.227 e. The van der Waals surface area contributed by atoms with Crippen molar-refractivity contribution >= 4 is 11.6 Å². The molecular formula is C16H23N3O2. The summed E-state index contributed by atoms with van der Waals surface area (Å²) in [6, 6.07) is 8.06. The van der Waals surface area contributed by atoms with Gasteiger partial charge in [-0.2, -0.15) is 0 Å². The number of carbonyl (C=O) groups excluding carboxylic acids is 1. The highest BCUT2D eigenvalue weighted by Gasteiger charge is 2.27. The van der Waals surface area contributed by atoms with Crippen LogP contribution in [0.2, 0.25) is 0 Å². The molecule has 0 radical (unpaired) electrons. The first-order valence-corrected chi connectivity index (χ1v) is 7.64. The molecule has 2 atom stereocenters. The van der Waals surface area contributed by atoms with Crippen molar-refractivity contribution in [1.29, 1.82) is 0 Å². The van der Waals surface area contributed by atoms with Crippen LogP contribution in [0.1, 0.15) is 17.9 Å². The van der Waals surface area contributed by atoms with Crippen molar-refractivity contribution in [3.63, 3.8) is 0 Å². The molecule has 5 heteroatoms. The average molecular weight is 289 g/mol. The van der Waals surface area contributed by atoms with Crippen molar-refractivity contribution in [1.82, 2.24) is 10.2 Å². The van der Waals surface area contributed by atoms with Crippen LogP contribution in [-0.2, 0) is 9.53 Å². The van der Waals surface area contributed by atoms with Crippen molar-refractivity contribution in [2.45, 2.75) is 18.4 Å². The van der Waals surface area contributed by atoms with E-state index in [-0.39, 0.29) is 17.9 Å². The molecule has 0 spiro atoms. The molecule has 2 aliphatic rings. The van der Waals surface area contributed by atoms with E-state index in [1.165, 1.54) is 0 Å². The highest BCUT2D eigenvalue weighted by atomic mass is 16.5. The fourth-order valence-electron chi connectivity index (χ4n) is 3.07. The van der Waals surface area contributed by atoms with Crippen LogP contribution in [0, 0.1) is 0 Å². The first-order valence-electron chi connectivity index (χ1n) is 7.64. The summed E-state index contributed by atoms with van der Waals surface area (Å²) >= 11 is 0. The normalized spacial score (nSPS) is 25.8. The molecule has 5 nitrogen and oxygen atoms in total. The second-order valence-electron chi connectivity index (χ2n) is 5.86. The molecule has 2 heterocycles. The number of anilines is 1. The van der Waals surface area contributed by atoms with Crippen LogP contribution in [0.4, 0.5) is 5.69 Å². The summed E-state index contributed by atoms with van der Waals surface area (Å²) in [6.07, 6.45) is 0.943. The Morgan fingerprint density at radius 2 is 2.33 bits per heavy atom. The number of carbonyl (C=O) groups is 1. The predicted molar refractivity (Wildman–Crippen MR) is 82.5 cm³/mol. The monoisotopic (exact) mass is 289 g/mol. The molecule has 2 aliphatic heterocycles. The third kappa shape index (κ3) is 3.36. The number of benzene rings is 1. The minimum atomic E-state index is -0.0521. The van der Waals surface area contributed by atoms with Gasteiger partial charge in [0, 0.05) is 31.9 Å². The van der Waals surface area contributed by atoms with E-state index in [1.54, 1.807) is 0 Å². The number of para-hydroxylation sites is 1. The van der Waals surface area contributed by atoms with Gasteiger partial charge in [0.05, 0.1) is 18.6 Å². The van der Waals surface area contributed by atoms with Gasteiger partial charge in [-0.1, -0.05) is 18.2 Å². The van der Waals surface area contributed by atoms with Crippen molar-refractivity contribution in [2.24, 2.45) is 0 Å². The van der Waals surface area contributed by atoms with Gasteiger partial charge in [-0.25, -0.2) is 0 Å². The van der Waals surface area contributed by atoms with Crippen molar-refractivity contribution in [3.8, 4) is 0 Å². The van der Waals surface area contributed by atoms with Gasteiger partial charge in [-0.05, 0) is 25.1 Å². The Morgan fingerprint density at radius 3 is 3.19 bits per heavy atom. The smallest absolute Gasteiger partial charge is 0.227 e. The summed E-state index contributed by atoms with van der Waals surface area (Å²) in [5, 5.41) is 6.41. The molecule has 21 heavy (non-hydrogen) atoms. The predicted octanol–water partition coefficient (Wildman–Crippen LogP) is 1.03. The number of fused-ring (bicyclic) bond motifs is 1. The second kappa shape index (κ2) is 6.45. The molecule has 1 aromatic carbocycles. The molecule has 1 fully saturated rings. The standard InChI is InChI=1S/C16H23N3O2/c1-19-8-9-21-12(11-19)10-18-16(20)14-6-7-17-15-5-3-2-4-13(14)15/h2-5,12,14,17H,6-11H2,1H3,(H,18,20). The highest BCUT2D eigenvalue weighted by Crippen LogP contribution is 2.31. The molecule has 0 saturated carbocycles. The zero-order valence-electron chi connectivity index (χ0n) is 12.5. The number of amides is 1. The van der Waals surface area contributed by atoms with Gasteiger partial charge in [0.15, 0.2) is 0 Å². The van der Waals surface area contributed by atoms with Gasteiger partial charge in [0.2, 0.25) is 5.91 Å². The molecule has 114 valence electrons. The van der Waals surface area contributed by atoms with E-state index in [9.17, 15) is 4.79 Å². The van der Waals surface area contributed by atoms with Crippen LogP contribution in [-0.4, -0.2) is 56.7 Å². The lowest BCUT2D eigenvalue weighted by molar-refractivity contribution is -0.123. The largest absolute Gasteiger partial charge is 0.385 e. The van der Waals surface area contributed by atoms with Crippen LogP contribution in [0.15, 0.2) is 24.3 Å². The summed E-state index contributed by atoms with van der Waals surface area (Å²) < 4.78 is 5.69. The van der Waals surface area contributed by atoms with Crippen molar-refractivity contribution < 1.29 is 9.53 Å². The van der Waals surface area contributed by atoms with Crippen LogP contribution in [0.25, 0.3) is 0 Å². The first kappa shape index (κ1) is 14.4. The molecule has 1 saturated heterocycles. The summed E-state index contributed by atoms with van der Waals surface area (Å²) in [5.41, 5.74) is 2.18. The quantitative estimate of drug-likeness (QED) is 0.873. The van der Waals surface area contributed by atoms with Gasteiger partial charge in [-0.3, -0.25) is 4.79 Å². The molecule has 1 aromatic rings. The summed E-state index contributed by atoms with van der Waals surface area (Å²) in [6.45, 7) is 4.02. The van der Waals surface area contributed by atoms with Gasteiger partial charge in [0.1, 0.15) is 0 Å². The number of rotatable bonds is 3. The van der Waals surface area contributed by atoms with E-state index >= 15 is 0 Å². The van der Waals surface area contributed by atoms with Crippen LogP contribution in [0.5, 0.6) is 0 Å². The van der Waals surface area contributed by atoms with E-state index in [0.717, 1.165) is 43.9 Å². The zero-order valence-corrected chi connectivity index (χ0v) is 12.5. The first-order chi connectivity index (χ1) is 10.2. The van der Waals surface area contributed by atoms with Gasteiger partial charge >= 0.3 is 0 Å². The summed E-state index contributed by atoms with van der Waals surface area (Å²) in [4.78, 5) is 14.7. The Hall–Kier alpha value is -1.59. The van der Waals surface area contributed by atoms with Crippen LogP contribution >= 0.6 is 0 Å². The third-order valence-corrected chi connectivity index (χ3v) is 4.25. The molecule has 0 aromatic heterocycles. The van der Waals surface area contributed by atoms with Gasteiger partial charge in [0.25, 0.3) is 0 Å². The van der Waals surface area contributed by atoms with Crippen molar-refractivity contribution in [3.05, 3.63) is 29.8 Å². The molecule has 2 N–H and O–H groups in total. The van der Waals surface area contributed by atoms with Crippen molar-refractivity contribution in [2.75, 3.05) is 45.2 Å². The average Bonchev–Trinajstić information content (AvgIpc) is 2.52. The number of likely N-dealkylation sites (N-methyl/N-ethyl adjacent to an activating group) is 1. The lowest BCUT2D eigenvalue weighted by Crippen LogP contribution is -2.46. The van der Waals surface area contributed by atoms with Gasteiger partial charge < -0.3 is 20.3 Å². The number of nitrogens with one attached hydrogen (secondary N) is 2. The maximum absolute atomic E-state index is 12.5. The molecule has 0 aliphatic carbocycles. The summed E-state index contributed by atoms with van der Waals surface area (Å²) in [5.74, 6) is 0.0598. The van der Waals surface area contributed by atoms with E-state index in [1.807, 2.05) is 24.3 Å². The Kier molecular flexibility index (Phi) is 4.41. The molecule has 1 amide bonds. The van der Waals surface area contributed by atoms with Crippen LogP contribution < -0.4 is 10.6 Å². The Balaban J connectivity index is 1.59. The number of hydrogen-bond donors (Lipinski definition) is 2. The number of hydrogen-bond acceptors (Lipinski definition) is 4. The topological polar surface area (TPSA) is 53.6 Å². The Morgan fingerprint density at radius 1 is 1.48 bits per heavy atom. The van der Waals surface area contributed by atoms with Gasteiger partial charge in [-0.15, -0.1) is 0 Å². The Labute approximate surface area is 125 Å². The van der Waals surface area contributed by atoms with E-state index < -0.39 is 0 Å². The number of nitrogens with zero attached hydrogens (tertiary/aromatic N) is 1. The SMILES string of the molecule is CN1CCOC(CNC(=O)C2CCNc3ccccc32)C1. The molecular weight excluding hydrogens is 266 g/mol. The van der Waals surface area contributed by atoms with E-state index in [4.69, 9.17) is 4.74 Å². The fraction of sp³-hybridized carbons (Fsp3) is 0.562. The highest BCUT2D eigenvalue weighted by molar-refractivity contribution is 5.86. The molecule has 0 bridgehead atoms. The fourth-order valence-corrected chi connectivity index (χ4v) is 3.07. The minimum Gasteiger partial charge on any atom is -0.385 e. The molecule has 2 unspecified atom stereocenters. The third-order valence-electron chi connectivity index (χ3n) is 4.25. The summed E-state index contributed by atoms with van der Waals surface area (Å²) in [7, 11) is 2.08. The van der Waals surface area contributed by atoms with Crippen LogP contribution in [0.3, 0.4) is 0 Å². The second-order valence-corrected chi connectivity index (χ2v) is 5.86. The number of ether oxygens (including phenoxy) is 1. The lowest BCUT2D eigenvalue weighted by atomic mass is 9.90. The Bertz CT molecular complexity index is 506. The van der Waals surface area contributed by atoms with E-state index in [0.29, 0.717) is 6.54 Å². The zero-order chi connectivity index (χ0) is 14.7. The number of morpholine rings is 1. The van der Waals surface area contributed by atoms with E-state index in [2.05, 4.69) is 22.6 Å². The lowest BCUT2D eigenvalue weighted by Gasteiger charge is -2.31.